The van der Waals surface area contributed by atoms with Gasteiger partial charge in [-0.05, 0) is 50.1 Å². The summed E-state index contributed by atoms with van der Waals surface area (Å²) in [5, 5.41) is 12.0. The molecule has 2 aliphatic heterocycles. The van der Waals surface area contributed by atoms with Crippen LogP contribution >= 0.6 is 11.3 Å². The lowest BCUT2D eigenvalue weighted by molar-refractivity contribution is -0.120. The molecule has 1 aromatic carbocycles. The van der Waals surface area contributed by atoms with Crippen molar-refractivity contribution in [3.05, 3.63) is 57.3 Å². The summed E-state index contributed by atoms with van der Waals surface area (Å²) in [7, 11) is 1.83. The first kappa shape index (κ1) is 23.1. The van der Waals surface area contributed by atoms with Gasteiger partial charge >= 0.3 is 0 Å². The number of rotatable bonds is 6. The van der Waals surface area contributed by atoms with Crippen molar-refractivity contribution < 1.29 is 14.4 Å². The predicted molar refractivity (Wildman–Crippen MR) is 136 cm³/mol. The van der Waals surface area contributed by atoms with Crippen LogP contribution in [0.15, 0.2) is 35.7 Å². The van der Waals surface area contributed by atoms with E-state index in [1.165, 1.54) is 11.3 Å². The van der Waals surface area contributed by atoms with Crippen molar-refractivity contribution in [3.8, 4) is 0 Å². The number of anilines is 3. The molecule has 0 aliphatic carbocycles. The van der Waals surface area contributed by atoms with E-state index in [2.05, 4.69) is 26.7 Å². The molecule has 2 N–H and O–H groups in total. The highest BCUT2D eigenvalue weighted by molar-refractivity contribution is 7.10. The Kier molecular flexibility index (Phi) is 6.06. The van der Waals surface area contributed by atoms with Crippen LogP contribution in [0.5, 0.6) is 0 Å². The van der Waals surface area contributed by atoms with Crippen molar-refractivity contribution in [2.75, 3.05) is 30.4 Å². The van der Waals surface area contributed by atoms with Gasteiger partial charge in [-0.3, -0.25) is 14.4 Å². The first-order chi connectivity index (χ1) is 16.8. The Morgan fingerprint density at radius 2 is 1.97 bits per heavy atom. The van der Waals surface area contributed by atoms with Crippen LogP contribution in [-0.2, 0) is 24.2 Å². The van der Waals surface area contributed by atoms with Gasteiger partial charge < -0.3 is 20.4 Å². The molecule has 9 nitrogen and oxygen atoms in total. The van der Waals surface area contributed by atoms with Crippen LogP contribution in [0.25, 0.3) is 0 Å². The van der Waals surface area contributed by atoms with Crippen LogP contribution in [0.3, 0.4) is 0 Å². The molecule has 0 saturated heterocycles. The maximum absolute atomic E-state index is 12.8. The lowest BCUT2D eigenvalue weighted by atomic mass is 9.98. The van der Waals surface area contributed by atoms with Gasteiger partial charge in [0, 0.05) is 53.8 Å². The van der Waals surface area contributed by atoms with E-state index in [0.717, 1.165) is 47.0 Å². The second kappa shape index (κ2) is 9.18. The number of carbonyl (C=O) groups excluding carboxylic acids is 3. The Balaban J connectivity index is 1.28. The second-order valence-electron chi connectivity index (χ2n) is 9.24. The van der Waals surface area contributed by atoms with E-state index in [-0.39, 0.29) is 30.2 Å². The molecule has 0 saturated carbocycles. The number of fused-ring (bicyclic) bond motifs is 2. The van der Waals surface area contributed by atoms with Gasteiger partial charge in [-0.15, -0.1) is 11.3 Å². The summed E-state index contributed by atoms with van der Waals surface area (Å²) >= 11 is 1.39. The number of carbonyl (C=O) groups is 3. The topological polar surface area (TPSA) is 99.6 Å². The molecule has 5 rings (SSSR count). The van der Waals surface area contributed by atoms with Crippen LogP contribution < -0.4 is 15.5 Å². The SMILES string of the molecule is CC(C)NC(=O)Cc1cc(C(=O)Nc2cc3n(n2)CCN3c2ccc3c(c2)CCN(C)C3=O)cs1. The summed E-state index contributed by atoms with van der Waals surface area (Å²) in [6.45, 7) is 6.03. The first-order valence-electron chi connectivity index (χ1n) is 11.7. The number of hydrogen-bond donors (Lipinski definition) is 2. The Morgan fingerprint density at radius 1 is 1.14 bits per heavy atom. The number of amides is 3. The van der Waals surface area contributed by atoms with E-state index < -0.39 is 0 Å². The molecule has 35 heavy (non-hydrogen) atoms. The lowest BCUT2D eigenvalue weighted by Crippen LogP contribution is -2.34. The van der Waals surface area contributed by atoms with Crippen LogP contribution in [0.1, 0.15) is 45.0 Å². The molecule has 10 heteroatoms. The third-order valence-corrected chi connectivity index (χ3v) is 7.14. The lowest BCUT2D eigenvalue weighted by Gasteiger charge is -2.26. The van der Waals surface area contributed by atoms with E-state index in [9.17, 15) is 14.4 Å². The molecule has 0 fully saturated rings. The van der Waals surface area contributed by atoms with Crippen molar-refractivity contribution in [1.29, 1.82) is 0 Å². The average molecular weight is 493 g/mol. The molecule has 2 aliphatic rings. The summed E-state index contributed by atoms with van der Waals surface area (Å²) < 4.78 is 1.88. The normalized spacial score (nSPS) is 14.8. The van der Waals surface area contributed by atoms with Crippen molar-refractivity contribution in [2.24, 2.45) is 0 Å². The number of benzene rings is 1. The summed E-state index contributed by atoms with van der Waals surface area (Å²) in [4.78, 5) is 41.9. The molecule has 4 heterocycles. The summed E-state index contributed by atoms with van der Waals surface area (Å²) in [5.41, 5.74) is 3.35. The zero-order valence-electron chi connectivity index (χ0n) is 20.0. The smallest absolute Gasteiger partial charge is 0.257 e. The van der Waals surface area contributed by atoms with E-state index in [1.807, 2.05) is 43.8 Å². The number of nitrogens with zero attached hydrogens (tertiary/aromatic N) is 4. The fourth-order valence-electron chi connectivity index (χ4n) is 4.49. The summed E-state index contributed by atoms with van der Waals surface area (Å²) in [6.07, 6.45) is 1.09. The largest absolute Gasteiger partial charge is 0.354 e. The molecular weight excluding hydrogens is 464 g/mol. The van der Waals surface area contributed by atoms with E-state index in [1.54, 1.807) is 16.3 Å². The standard InChI is InChI=1S/C25H28N6O3S/c1-15(2)26-22(32)12-19-11-17(14-35-19)24(33)27-21-13-23-30(8-9-31(23)28-21)18-4-5-20-16(10-18)6-7-29(3)25(20)34/h4-5,10-11,13-15H,6-9,12H2,1-3H3,(H,26,32)(H,27,28,33). The zero-order chi connectivity index (χ0) is 24.7. The molecule has 0 radical (unpaired) electrons. The minimum Gasteiger partial charge on any atom is -0.354 e. The van der Waals surface area contributed by atoms with Crippen LogP contribution in [0.4, 0.5) is 17.3 Å². The van der Waals surface area contributed by atoms with Crippen LogP contribution in [0, 0.1) is 0 Å². The minimum absolute atomic E-state index is 0.0574. The van der Waals surface area contributed by atoms with E-state index >= 15 is 0 Å². The number of nitrogens with one attached hydrogen (secondary N) is 2. The quantitative estimate of drug-likeness (QED) is 0.551. The van der Waals surface area contributed by atoms with Gasteiger partial charge in [0.1, 0.15) is 5.82 Å². The molecule has 0 atom stereocenters. The fourth-order valence-corrected chi connectivity index (χ4v) is 5.35. The summed E-state index contributed by atoms with van der Waals surface area (Å²) in [6, 6.07) is 9.66. The summed E-state index contributed by atoms with van der Waals surface area (Å²) in [5.74, 6) is 1.13. The van der Waals surface area contributed by atoms with Gasteiger partial charge in [0.15, 0.2) is 5.82 Å². The van der Waals surface area contributed by atoms with Crippen LogP contribution in [0.2, 0.25) is 0 Å². The Hall–Kier alpha value is -3.66. The highest BCUT2D eigenvalue weighted by Crippen LogP contribution is 2.34. The fraction of sp³-hybridized carbons (Fsp3) is 0.360. The predicted octanol–water partition coefficient (Wildman–Crippen LogP) is 3.04. The third kappa shape index (κ3) is 4.66. The highest BCUT2D eigenvalue weighted by Gasteiger charge is 2.27. The van der Waals surface area contributed by atoms with Gasteiger partial charge in [0.05, 0.1) is 18.5 Å². The van der Waals surface area contributed by atoms with Crippen molar-refractivity contribution >= 4 is 46.4 Å². The average Bonchev–Trinajstić information content (AvgIpc) is 3.52. The van der Waals surface area contributed by atoms with E-state index in [4.69, 9.17) is 0 Å². The van der Waals surface area contributed by atoms with Gasteiger partial charge in [0.2, 0.25) is 5.91 Å². The minimum atomic E-state index is -0.253. The Morgan fingerprint density at radius 3 is 2.77 bits per heavy atom. The molecule has 0 bridgehead atoms. The monoisotopic (exact) mass is 492 g/mol. The van der Waals surface area contributed by atoms with E-state index in [0.29, 0.717) is 17.9 Å². The molecule has 0 spiro atoms. The van der Waals surface area contributed by atoms with Gasteiger partial charge in [-0.25, -0.2) is 4.68 Å². The maximum Gasteiger partial charge on any atom is 0.257 e. The number of thiophene rings is 1. The third-order valence-electron chi connectivity index (χ3n) is 6.21. The molecule has 182 valence electrons. The second-order valence-corrected chi connectivity index (χ2v) is 10.2. The van der Waals surface area contributed by atoms with Gasteiger partial charge in [-0.2, -0.15) is 5.10 Å². The van der Waals surface area contributed by atoms with Gasteiger partial charge in [0.25, 0.3) is 11.8 Å². The Bertz CT molecular complexity index is 1310. The van der Waals surface area contributed by atoms with Crippen molar-refractivity contribution in [2.45, 2.75) is 39.3 Å². The maximum atomic E-state index is 12.8. The molecule has 3 amide bonds. The van der Waals surface area contributed by atoms with Gasteiger partial charge in [-0.1, -0.05) is 0 Å². The molecule has 0 unspecified atom stereocenters. The van der Waals surface area contributed by atoms with Crippen molar-refractivity contribution in [1.82, 2.24) is 20.0 Å². The first-order valence-corrected chi connectivity index (χ1v) is 12.6. The molecular formula is C25H28N6O3S. The number of aromatic nitrogens is 2. The number of hydrogen-bond acceptors (Lipinski definition) is 6. The Labute approximate surface area is 207 Å². The molecule has 2 aromatic heterocycles. The number of likely N-dealkylation sites (N-methyl/N-ethyl adjacent to an activating group) is 1. The zero-order valence-corrected chi connectivity index (χ0v) is 20.8. The highest BCUT2D eigenvalue weighted by atomic mass is 32.1. The van der Waals surface area contributed by atoms with Crippen molar-refractivity contribution in [3.63, 3.8) is 0 Å². The van der Waals surface area contributed by atoms with Crippen LogP contribution in [-0.4, -0.2) is 58.6 Å². The molecule has 3 aromatic rings.